The molecule has 2 heterocycles. The molecule has 3 rings (SSSR count). The molecule has 0 radical (unpaired) electrons. The van der Waals surface area contributed by atoms with Gasteiger partial charge in [-0.1, -0.05) is 6.07 Å². The molecule has 1 unspecified atom stereocenters. The molecular formula is C22H30FN3O5. The van der Waals surface area contributed by atoms with E-state index in [1.54, 1.807) is 38.8 Å². The Morgan fingerprint density at radius 3 is 2.39 bits per heavy atom. The van der Waals surface area contributed by atoms with Gasteiger partial charge in [0.25, 0.3) is 5.91 Å². The van der Waals surface area contributed by atoms with Crippen LogP contribution in [-0.4, -0.2) is 79.7 Å². The number of halogens is 1. The number of nitrogens with one attached hydrogen (secondary N) is 1. The van der Waals surface area contributed by atoms with Crippen LogP contribution in [0, 0.1) is 11.7 Å². The van der Waals surface area contributed by atoms with Crippen molar-refractivity contribution in [3.63, 3.8) is 0 Å². The van der Waals surface area contributed by atoms with Gasteiger partial charge in [-0.05, 0) is 38.5 Å². The van der Waals surface area contributed by atoms with E-state index in [1.165, 1.54) is 17.0 Å². The van der Waals surface area contributed by atoms with Crippen LogP contribution < -0.4 is 5.32 Å². The third kappa shape index (κ3) is 5.33. The van der Waals surface area contributed by atoms with E-state index in [4.69, 9.17) is 9.47 Å². The molecule has 1 N–H and O–H groups in total. The summed E-state index contributed by atoms with van der Waals surface area (Å²) in [6.07, 6.45) is -0.421. The molecule has 170 valence electrons. The molecule has 0 aromatic heterocycles. The fourth-order valence-corrected chi connectivity index (χ4v) is 3.95. The first-order valence-corrected chi connectivity index (χ1v) is 10.4. The van der Waals surface area contributed by atoms with Gasteiger partial charge >= 0.3 is 6.09 Å². The average Bonchev–Trinajstić information content (AvgIpc) is 3.06. The molecule has 0 bridgehead atoms. The van der Waals surface area contributed by atoms with E-state index >= 15 is 0 Å². The van der Waals surface area contributed by atoms with Crippen molar-refractivity contribution in [2.45, 2.75) is 32.3 Å². The molecule has 31 heavy (non-hydrogen) atoms. The summed E-state index contributed by atoms with van der Waals surface area (Å²) in [5, 5.41) is 2.78. The normalized spacial score (nSPS) is 21.8. The van der Waals surface area contributed by atoms with Crippen molar-refractivity contribution < 1.29 is 28.2 Å². The van der Waals surface area contributed by atoms with Gasteiger partial charge in [-0.15, -0.1) is 0 Å². The summed E-state index contributed by atoms with van der Waals surface area (Å²) < 4.78 is 25.4. The standard InChI is InChI=1S/C22H30FN3O5/c1-22(2,3)31-21(29)26-9-7-25(8-10-26)20(28)16-6-5-14(11-17(16)23)18-15(13-30-4)12-24-19(18)27/h5-6,11,15,18H,7-10,12-13H2,1-4H3,(H,24,27)/t15?,18-/m0/s1. The Bertz CT molecular complexity index is 846. The lowest BCUT2D eigenvalue weighted by Crippen LogP contribution is -2.51. The molecule has 0 spiro atoms. The summed E-state index contributed by atoms with van der Waals surface area (Å²) in [6.45, 7) is 7.47. The Hall–Kier alpha value is -2.68. The average molecular weight is 435 g/mol. The van der Waals surface area contributed by atoms with Gasteiger partial charge in [-0.2, -0.15) is 0 Å². The minimum Gasteiger partial charge on any atom is -0.444 e. The van der Waals surface area contributed by atoms with Crippen LogP contribution in [0.25, 0.3) is 0 Å². The largest absolute Gasteiger partial charge is 0.444 e. The zero-order valence-corrected chi connectivity index (χ0v) is 18.4. The summed E-state index contributed by atoms with van der Waals surface area (Å²) in [6, 6.07) is 4.33. The zero-order chi connectivity index (χ0) is 22.8. The summed E-state index contributed by atoms with van der Waals surface area (Å²) in [5.74, 6) is -1.85. The molecule has 1 aromatic carbocycles. The third-order valence-corrected chi connectivity index (χ3v) is 5.47. The fraction of sp³-hybridized carbons (Fsp3) is 0.591. The highest BCUT2D eigenvalue weighted by atomic mass is 19.1. The van der Waals surface area contributed by atoms with Crippen LogP contribution in [0.5, 0.6) is 0 Å². The van der Waals surface area contributed by atoms with Crippen molar-refractivity contribution in [3.05, 3.63) is 35.1 Å². The van der Waals surface area contributed by atoms with Gasteiger partial charge < -0.3 is 24.6 Å². The van der Waals surface area contributed by atoms with E-state index in [1.807, 2.05) is 0 Å². The quantitative estimate of drug-likeness (QED) is 0.782. The van der Waals surface area contributed by atoms with E-state index in [0.29, 0.717) is 44.9 Å². The molecule has 9 heteroatoms. The monoisotopic (exact) mass is 435 g/mol. The topological polar surface area (TPSA) is 88.2 Å². The molecule has 0 aliphatic carbocycles. The summed E-state index contributed by atoms with van der Waals surface area (Å²) in [5.41, 5.74) is -0.107. The van der Waals surface area contributed by atoms with Crippen LogP contribution in [0.1, 0.15) is 42.6 Å². The zero-order valence-electron chi connectivity index (χ0n) is 18.4. The number of ether oxygens (including phenoxy) is 2. The van der Waals surface area contributed by atoms with Gasteiger partial charge in [0, 0.05) is 45.8 Å². The van der Waals surface area contributed by atoms with E-state index in [9.17, 15) is 18.8 Å². The second kappa shape index (κ2) is 9.21. The maximum atomic E-state index is 14.8. The highest BCUT2D eigenvalue weighted by molar-refractivity contribution is 5.95. The number of benzene rings is 1. The lowest BCUT2D eigenvalue weighted by molar-refractivity contribution is -0.120. The molecule has 8 nitrogen and oxygen atoms in total. The summed E-state index contributed by atoms with van der Waals surface area (Å²) in [4.78, 5) is 40.3. The van der Waals surface area contributed by atoms with Gasteiger partial charge in [0.2, 0.25) is 5.91 Å². The first kappa shape index (κ1) is 23.0. The van der Waals surface area contributed by atoms with Crippen LogP contribution in [0.4, 0.5) is 9.18 Å². The van der Waals surface area contributed by atoms with Crippen molar-refractivity contribution in [2.24, 2.45) is 5.92 Å². The number of carbonyl (C=O) groups is 3. The van der Waals surface area contributed by atoms with Crippen LogP contribution in [0.2, 0.25) is 0 Å². The van der Waals surface area contributed by atoms with Crippen LogP contribution in [0.15, 0.2) is 18.2 Å². The number of hydrogen-bond donors (Lipinski definition) is 1. The summed E-state index contributed by atoms with van der Waals surface area (Å²) in [7, 11) is 1.56. The highest BCUT2D eigenvalue weighted by Gasteiger charge is 2.36. The first-order valence-electron chi connectivity index (χ1n) is 10.4. The maximum absolute atomic E-state index is 14.8. The molecule has 2 fully saturated rings. The molecule has 1 aromatic rings. The van der Waals surface area contributed by atoms with Gasteiger partial charge in [0.1, 0.15) is 11.4 Å². The lowest BCUT2D eigenvalue weighted by atomic mass is 9.88. The minimum absolute atomic E-state index is 0.0452. The van der Waals surface area contributed by atoms with Crippen molar-refractivity contribution in [3.8, 4) is 0 Å². The van der Waals surface area contributed by atoms with Crippen molar-refractivity contribution >= 4 is 17.9 Å². The van der Waals surface area contributed by atoms with Gasteiger partial charge in [-0.3, -0.25) is 9.59 Å². The van der Waals surface area contributed by atoms with Crippen molar-refractivity contribution in [1.82, 2.24) is 15.1 Å². The predicted octanol–water partition coefficient (Wildman–Crippen LogP) is 1.99. The SMILES string of the molecule is COCC1CNC(=O)[C@H]1c1ccc(C(=O)N2CCN(C(=O)OC(C)(C)C)CC2)c(F)c1. The molecule has 3 amide bonds. The van der Waals surface area contributed by atoms with E-state index in [0.717, 1.165) is 0 Å². The minimum atomic E-state index is -0.659. The van der Waals surface area contributed by atoms with Crippen LogP contribution in [0.3, 0.4) is 0 Å². The number of nitrogens with zero attached hydrogens (tertiary/aromatic N) is 2. The number of carbonyl (C=O) groups excluding carboxylic acids is 3. The molecule has 2 aliphatic rings. The smallest absolute Gasteiger partial charge is 0.410 e. The molecule has 2 aliphatic heterocycles. The van der Waals surface area contributed by atoms with Crippen molar-refractivity contribution in [1.29, 1.82) is 0 Å². The molecule has 0 saturated carbocycles. The number of rotatable bonds is 4. The third-order valence-electron chi connectivity index (χ3n) is 5.47. The Balaban J connectivity index is 1.65. The maximum Gasteiger partial charge on any atom is 0.410 e. The predicted molar refractivity (Wildman–Crippen MR) is 111 cm³/mol. The first-order chi connectivity index (χ1) is 14.6. The number of hydrogen-bond acceptors (Lipinski definition) is 5. The lowest BCUT2D eigenvalue weighted by Gasteiger charge is -2.35. The second-order valence-electron chi connectivity index (χ2n) is 8.94. The van der Waals surface area contributed by atoms with E-state index < -0.39 is 29.3 Å². The number of amides is 3. The van der Waals surface area contributed by atoms with E-state index in [-0.39, 0.29) is 17.4 Å². The van der Waals surface area contributed by atoms with Gasteiger partial charge in [0.05, 0.1) is 18.1 Å². The van der Waals surface area contributed by atoms with Crippen LogP contribution >= 0.6 is 0 Å². The Labute approximate surface area is 181 Å². The van der Waals surface area contributed by atoms with E-state index in [2.05, 4.69) is 5.32 Å². The Kier molecular flexibility index (Phi) is 6.83. The Morgan fingerprint density at radius 2 is 1.81 bits per heavy atom. The molecule has 2 atom stereocenters. The summed E-state index contributed by atoms with van der Waals surface area (Å²) >= 11 is 0. The second-order valence-corrected chi connectivity index (χ2v) is 8.94. The van der Waals surface area contributed by atoms with Gasteiger partial charge in [0.15, 0.2) is 0 Å². The number of methoxy groups -OCH3 is 1. The van der Waals surface area contributed by atoms with Crippen LogP contribution in [-0.2, 0) is 14.3 Å². The van der Waals surface area contributed by atoms with Crippen molar-refractivity contribution in [2.75, 3.05) is 46.4 Å². The molecule has 2 saturated heterocycles. The highest BCUT2D eigenvalue weighted by Crippen LogP contribution is 2.30. The van der Waals surface area contributed by atoms with Gasteiger partial charge in [-0.25, -0.2) is 9.18 Å². The number of piperazine rings is 1. The fourth-order valence-electron chi connectivity index (χ4n) is 3.95. The molecular weight excluding hydrogens is 405 g/mol. The Morgan fingerprint density at radius 1 is 1.16 bits per heavy atom.